The van der Waals surface area contributed by atoms with Crippen molar-refractivity contribution in [1.82, 2.24) is 0 Å². The summed E-state index contributed by atoms with van der Waals surface area (Å²) < 4.78 is 4.96. The van der Waals surface area contributed by atoms with E-state index < -0.39 is 6.04 Å². The third-order valence-electron chi connectivity index (χ3n) is 2.45. The third kappa shape index (κ3) is 11.2. The Morgan fingerprint density at radius 1 is 1.33 bits per heavy atom. The van der Waals surface area contributed by atoms with E-state index in [-0.39, 0.29) is 5.97 Å². The molecule has 0 fully saturated rings. The topological polar surface area (TPSA) is 78.3 Å². The molecule has 0 saturated carbocycles. The largest absolute Gasteiger partial charge is 0.468 e. The van der Waals surface area contributed by atoms with Crippen molar-refractivity contribution in [2.75, 3.05) is 7.11 Å². The Balaban J connectivity index is 0.000000384. The van der Waals surface area contributed by atoms with Crippen molar-refractivity contribution < 1.29 is 9.53 Å². The van der Waals surface area contributed by atoms with Crippen LogP contribution < -0.4 is 11.5 Å². The number of hydrogen-bond donors (Lipinski definition) is 2. The van der Waals surface area contributed by atoms with Gasteiger partial charge in [-0.05, 0) is 17.9 Å². The van der Waals surface area contributed by atoms with E-state index in [1.54, 1.807) is 0 Å². The number of carbonyl (C=O) groups is 1. The first kappa shape index (κ1) is 19.9. The van der Waals surface area contributed by atoms with Crippen LogP contribution in [-0.4, -0.2) is 23.4 Å². The van der Waals surface area contributed by atoms with Crippen LogP contribution in [0.3, 0.4) is 0 Å². The number of ether oxygens (including phenoxy) is 1. The summed E-state index contributed by atoms with van der Waals surface area (Å²) in [6.07, 6.45) is 0.687. The molecule has 0 aliphatic carbocycles. The smallest absolute Gasteiger partial charge is 0.322 e. The molecule has 0 aromatic heterocycles. The zero-order chi connectivity index (χ0) is 16.3. The molecule has 0 aliphatic heterocycles. The van der Waals surface area contributed by atoms with Crippen molar-refractivity contribution >= 4 is 34.3 Å². The number of thioether (sulfide) groups is 1. The zero-order valence-electron chi connectivity index (χ0n) is 12.7. The SMILES string of the molecule is COC(=O)C(N)CC(C)C.NC(=S)SCc1ccccc1. The quantitative estimate of drug-likeness (QED) is 0.639. The second-order valence-electron chi connectivity index (χ2n) is 4.85. The van der Waals surface area contributed by atoms with Gasteiger partial charge in [0.1, 0.15) is 10.4 Å². The van der Waals surface area contributed by atoms with Crippen LogP contribution in [0.1, 0.15) is 25.8 Å². The van der Waals surface area contributed by atoms with Gasteiger partial charge in [-0.2, -0.15) is 0 Å². The summed E-state index contributed by atoms with van der Waals surface area (Å²) in [4.78, 5) is 10.7. The number of nitrogens with two attached hydrogens (primary N) is 2. The van der Waals surface area contributed by atoms with E-state index in [9.17, 15) is 4.79 Å². The zero-order valence-corrected chi connectivity index (χ0v) is 14.4. The van der Waals surface area contributed by atoms with Gasteiger partial charge in [-0.15, -0.1) is 0 Å². The van der Waals surface area contributed by atoms with Gasteiger partial charge in [0.2, 0.25) is 0 Å². The minimum atomic E-state index is -0.454. The van der Waals surface area contributed by atoms with Crippen LogP contribution in [0.2, 0.25) is 0 Å². The van der Waals surface area contributed by atoms with Crippen molar-refractivity contribution in [1.29, 1.82) is 0 Å². The molecule has 1 unspecified atom stereocenters. The van der Waals surface area contributed by atoms with Gasteiger partial charge >= 0.3 is 5.97 Å². The van der Waals surface area contributed by atoms with Gasteiger partial charge in [0, 0.05) is 5.75 Å². The molecule has 0 radical (unpaired) electrons. The molecule has 4 N–H and O–H groups in total. The summed E-state index contributed by atoms with van der Waals surface area (Å²) >= 11 is 6.23. The first-order valence-electron chi connectivity index (χ1n) is 6.66. The number of carbonyl (C=O) groups excluding carboxylic acids is 1. The fourth-order valence-electron chi connectivity index (χ4n) is 1.48. The Hall–Kier alpha value is -1.11. The van der Waals surface area contributed by atoms with Crippen molar-refractivity contribution in [3.8, 4) is 0 Å². The lowest BCUT2D eigenvalue weighted by Gasteiger charge is -2.10. The second kappa shape index (κ2) is 11.5. The Labute approximate surface area is 136 Å². The van der Waals surface area contributed by atoms with Gasteiger partial charge in [-0.25, -0.2) is 0 Å². The van der Waals surface area contributed by atoms with Crippen molar-refractivity contribution in [3.63, 3.8) is 0 Å². The maximum absolute atomic E-state index is 10.7. The molecular formula is C15H24N2O2S2. The van der Waals surface area contributed by atoms with E-state index in [2.05, 4.69) is 16.9 Å². The summed E-state index contributed by atoms with van der Waals surface area (Å²) in [5.41, 5.74) is 12.0. The molecule has 21 heavy (non-hydrogen) atoms. The van der Waals surface area contributed by atoms with Gasteiger partial charge in [0.25, 0.3) is 0 Å². The molecule has 1 atom stereocenters. The Morgan fingerprint density at radius 3 is 2.33 bits per heavy atom. The molecule has 1 rings (SSSR count). The molecule has 0 heterocycles. The maximum atomic E-state index is 10.7. The first-order chi connectivity index (χ1) is 9.86. The van der Waals surface area contributed by atoms with Crippen LogP contribution in [0.4, 0.5) is 0 Å². The lowest BCUT2D eigenvalue weighted by molar-refractivity contribution is -0.142. The number of esters is 1. The van der Waals surface area contributed by atoms with Crippen molar-refractivity contribution in [3.05, 3.63) is 35.9 Å². The minimum absolute atomic E-state index is 0.325. The fourth-order valence-corrected chi connectivity index (χ4v) is 2.16. The molecule has 118 valence electrons. The van der Waals surface area contributed by atoms with Crippen LogP contribution in [0.5, 0.6) is 0 Å². The van der Waals surface area contributed by atoms with Crippen LogP contribution in [0.25, 0.3) is 0 Å². The molecule has 0 amide bonds. The van der Waals surface area contributed by atoms with Gasteiger partial charge in [-0.3, -0.25) is 4.79 Å². The highest BCUT2D eigenvalue weighted by molar-refractivity contribution is 8.22. The van der Waals surface area contributed by atoms with Crippen LogP contribution in [0.15, 0.2) is 30.3 Å². The number of methoxy groups -OCH3 is 1. The number of rotatable bonds is 5. The summed E-state index contributed by atoms with van der Waals surface area (Å²) in [5.74, 6) is 0.985. The Morgan fingerprint density at radius 2 is 1.90 bits per heavy atom. The lowest BCUT2D eigenvalue weighted by Crippen LogP contribution is -2.32. The number of hydrogen-bond acceptors (Lipinski definition) is 5. The molecule has 4 nitrogen and oxygen atoms in total. The van der Waals surface area contributed by atoms with Crippen LogP contribution >= 0.6 is 24.0 Å². The fraction of sp³-hybridized carbons (Fsp3) is 0.467. The van der Waals surface area contributed by atoms with Crippen molar-refractivity contribution in [2.24, 2.45) is 17.4 Å². The average Bonchev–Trinajstić information content (AvgIpc) is 2.45. The highest BCUT2D eigenvalue weighted by Gasteiger charge is 2.14. The van der Waals surface area contributed by atoms with E-state index in [0.29, 0.717) is 16.7 Å². The van der Waals surface area contributed by atoms with Gasteiger partial charge in [0.15, 0.2) is 0 Å². The second-order valence-corrected chi connectivity index (χ2v) is 6.57. The molecule has 1 aromatic rings. The third-order valence-corrected chi connectivity index (χ3v) is 3.57. The Bertz CT molecular complexity index is 425. The number of thiocarbonyl (C=S) groups is 1. The number of benzene rings is 1. The molecule has 0 spiro atoms. The van der Waals surface area contributed by atoms with Crippen molar-refractivity contribution in [2.45, 2.75) is 32.1 Å². The van der Waals surface area contributed by atoms with E-state index in [1.807, 2.05) is 32.0 Å². The standard InChI is InChI=1S/C8H9NS2.C7H15NO2/c9-8(10)11-6-7-4-2-1-3-5-7;1-5(2)4-6(8)7(9)10-3/h1-5H,6H2,(H2,9,10);5-6H,4,8H2,1-3H3. The first-order valence-corrected chi connectivity index (χ1v) is 8.05. The summed E-state index contributed by atoms with van der Waals surface area (Å²) in [5, 5.41) is 0. The van der Waals surface area contributed by atoms with Crippen LogP contribution in [-0.2, 0) is 15.3 Å². The van der Waals surface area contributed by atoms with Gasteiger partial charge < -0.3 is 16.2 Å². The molecule has 0 aliphatic rings. The summed E-state index contributed by atoms with van der Waals surface area (Å²) in [6, 6.07) is 9.68. The predicted octanol–water partition coefficient (Wildman–Crippen LogP) is 2.70. The molecular weight excluding hydrogens is 304 g/mol. The van der Waals surface area contributed by atoms with Gasteiger partial charge in [0.05, 0.1) is 7.11 Å². The highest BCUT2D eigenvalue weighted by atomic mass is 32.2. The van der Waals surface area contributed by atoms with E-state index in [4.69, 9.17) is 23.7 Å². The average molecular weight is 329 g/mol. The summed E-state index contributed by atoms with van der Waals surface area (Å²) in [7, 11) is 1.35. The monoisotopic (exact) mass is 328 g/mol. The van der Waals surface area contributed by atoms with E-state index >= 15 is 0 Å². The molecule has 0 saturated heterocycles. The predicted molar refractivity (Wildman–Crippen MR) is 94.0 cm³/mol. The molecule has 0 bridgehead atoms. The lowest BCUT2D eigenvalue weighted by atomic mass is 10.1. The van der Waals surface area contributed by atoms with Gasteiger partial charge in [-0.1, -0.05) is 68.2 Å². The molecule has 1 aromatic carbocycles. The van der Waals surface area contributed by atoms with Crippen LogP contribution in [0, 0.1) is 5.92 Å². The maximum Gasteiger partial charge on any atom is 0.322 e. The van der Waals surface area contributed by atoms with E-state index in [1.165, 1.54) is 24.4 Å². The highest BCUT2D eigenvalue weighted by Crippen LogP contribution is 2.10. The van der Waals surface area contributed by atoms with E-state index in [0.717, 1.165) is 5.75 Å². The molecule has 6 heteroatoms. The normalized spacial score (nSPS) is 11.3. The Kier molecular flexibility index (Phi) is 10.9. The summed E-state index contributed by atoms with van der Waals surface area (Å²) in [6.45, 7) is 4.03. The minimum Gasteiger partial charge on any atom is -0.468 e.